The van der Waals surface area contributed by atoms with Crippen molar-refractivity contribution >= 4 is 11.8 Å². The van der Waals surface area contributed by atoms with E-state index in [0.29, 0.717) is 29.3 Å². The molecule has 1 aromatic carbocycles. The van der Waals surface area contributed by atoms with Crippen molar-refractivity contribution in [2.24, 2.45) is 0 Å². The smallest absolute Gasteiger partial charge is 0.272 e. The molecule has 1 saturated heterocycles. The minimum absolute atomic E-state index is 0.116. The van der Waals surface area contributed by atoms with E-state index in [-0.39, 0.29) is 11.8 Å². The topological polar surface area (TPSA) is 80.8 Å². The Morgan fingerprint density at radius 1 is 1.04 bits per heavy atom. The number of nitrogens with zero attached hydrogens (tertiary/aromatic N) is 2. The highest BCUT2D eigenvalue weighted by Crippen LogP contribution is 2.27. The van der Waals surface area contributed by atoms with Crippen LogP contribution in [0.4, 0.5) is 0 Å². The normalized spacial score (nSPS) is 13.7. The first-order chi connectivity index (χ1) is 13.6. The zero-order valence-corrected chi connectivity index (χ0v) is 16.2. The summed E-state index contributed by atoms with van der Waals surface area (Å²) in [5.41, 5.74) is 1.60. The molecule has 0 aliphatic carbocycles. The summed E-state index contributed by atoms with van der Waals surface area (Å²) in [6, 6.07) is 8.64. The minimum atomic E-state index is -0.259. The first-order valence-electron chi connectivity index (χ1n) is 9.37. The highest BCUT2D eigenvalue weighted by Gasteiger charge is 2.20. The van der Waals surface area contributed by atoms with Gasteiger partial charge in [0.15, 0.2) is 11.5 Å². The molecule has 2 amide bonds. The van der Waals surface area contributed by atoms with Crippen LogP contribution in [0.15, 0.2) is 36.5 Å². The number of ether oxygens (including phenoxy) is 2. The number of amides is 2. The number of methoxy groups -OCH3 is 2. The average molecular weight is 383 g/mol. The number of carbonyl (C=O) groups excluding carboxylic acids is 2. The lowest BCUT2D eigenvalue weighted by atomic mass is 10.1. The maximum Gasteiger partial charge on any atom is 0.272 e. The molecular formula is C21H25N3O4. The number of aromatic nitrogens is 1. The number of pyridine rings is 1. The summed E-state index contributed by atoms with van der Waals surface area (Å²) < 4.78 is 10.5. The molecular weight excluding hydrogens is 358 g/mol. The van der Waals surface area contributed by atoms with Gasteiger partial charge in [-0.15, -0.1) is 0 Å². The van der Waals surface area contributed by atoms with Crippen LogP contribution >= 0.6 is 0 Å². The zero-order valence-electron chi connectivity index (χ0n) is 16.2. The molecule has 0 atom stereocenters. The van der Waals surface area contributed by atoms with Crippen molar-refractivity contribution in [2.75, 3.05) is 27.3 Å². The van der Waals surface area contributed by atoms with E-state index >= 15 is 0 Å². The van der Waals surface area contributed by atoms with Gasteiger partial charge in [0.25, 0.3) is 11.8 Å². The van der Waals surface area contributed by atoms with E-state index in [1.807, 2.05) is 12.1 Å². The summed E-state index contributed by atoms with van der Waals surface area (Å²) >= 11 is 0. The monoisotopic (exact) mass is 383 g/mol. The van der Waals surface area contributed by atoms with Crippen LogP contribution in [-0.2, 0) is 6.54 Å². The van der Waals surface area contributed by atoms with Gasteiger partial charge in [-0.05, 0) is 49.1 Å². The number of piperidine rings is 1. The van der Waals surface area contributed by atoms with Crippen LogP contribution in [0.2, 0.25) is 0 Å². The van der Waals surface area contributed by atoms with Crippen molar-refractivity contribution in [1.29, 1.82) is 0 Å². The molecule has 1 aliphatic heterocycles. The van der Waals surface area contributed by atoms with Crippen molar-refractivity contribution in [3.05, 3.63) is 53.3 Å². The van der Waals surface area contributed by atoms with E-state index in [0.717, 1.165) is 37.9 Å². The van der Waals surface area contributed by atoms with Crippen molar-refractivity contribution in [1.82, 2.24) is 15.2 Å². The molecule has 1 N–H and O–H groups in total. The van der Waals surface area contributed by atoms with Gasteiger partial charge in [-0.2, -0.15) is 0 Å². The Kier molecular flexibility index (Phi) is 6.47. The molecule has 0 bridgehead atoms. The average Bonchev–Trinajstić information content (AvgIpc) is 2.77. The SMILES string of the molecule is COc1ccc(CNC(=O)c2ccnc(C(=O)N3CCCCC3)c2)cc1OC. The lowest BCUT2D eigenvalue weighted by molar-refractivity contribution is 0.0718. The summed E-state index contributed by atoms with van der Waals surface area (Å²) in [6.07, 6.45) is 4.67. The molecule has 3 rings (SSSR count). The molecule has 7 nitrogen and oxygen atoms in total. The molecule has 1 fully saturated rings. The number of hydrogen-bond donors (Lipinski definition) is 1. The third kappa shape index (κ3) is 4.60. The van der Waals surface area contributed by atoms with Crippen molar-refractivity contribution in [2.45, 2.75) is 25.8 Å². The predicted octanol–water partition coefficient (Wildman–Crippen LogP) is 2.65. The molecule has 0 unspecified atom stereocenters. The fourth-order valence-electron chi connectivity index (χ4n) is 3.22. The minimum Gasteiger partial charge on any atom is -0.493 e. The Hall–Kier alpha value is -3.09. The van der Waals surface area contributed by atoms with Gasteiger partial charge in [0.05, 0.1) is 14.2 Å². The van der Waals surface area contributed by atoms with E-state index in [4.69, 9.17) is 9.47 Å². The Bertz CT molecular complexity index is 847. The van der Waals surface area contributed by atoms with E-state index in [1.54, 1.807) is 37.3 Å². The Labute approximate surface area is 164 Å². The molecule has 0 radical (unpaired) electrons. The number of likely N-dealkylation sites (tertiary alicyclic amines) is 1. The number of rotatable bonds is 6. The summed E-state index contributed by atoms with van der Waals surface area (Å²) in [6.45, 7) is 1.82. The second-order valence-corrected chi connectivity index (χ2v) is 6.65. The van der Waals surface area contributed by atoms with Crippen LogP contribution in [0.3, 0.4) is 0 Å². The molecule has 1 aliphatic rings. The highest BCUT2D eigenvalue weighted by atomic mass is 16.5. The van der Waals surface area contributed by atoms with Gasteiger partial charge < -0.3 is 19.7 Å². The predicted molar refractivity (Wildman–Crippen MR) is 105 cm³/mol. The molecule has 1 aromatic heterocycles. The van der Waals surface area contributed by atoms with E-state index in [2.05, 4.69) is 10.3 Å². The van der Waals surface area contributed by atoms with Gasteiger partial charge in [-0.25, -0.2) is 0 Å². The van der Waals surface area contributed by atoms with Gasteiger partial charge in [0.1, 0.15) is 5.69 Å². The van der Waals surface area contributed by atoms with E-state index in [1.165, 1.54) is 6.20 Å². The third-order valence-electron chi connectivity index (χ3n) is 4.79. The van der Waals surface area contributed by atoms with Crippen molar-refractivity contribution in [3.8, 4) is 11.5 Å². The van der Waals surface area contributed by atoms with Crippen molar-refractivity contribution in [3.63, 3.8) is 0 Å². The van der Waals surface area contributed by atoms with E-state index in [9.17, 15) is 9.59 Å². The molecule has 0 saturated carbocycles. The van der Waals surface area contributed by atoms with Crippen LogP contribution in [0.5, 0.6) is 11.5 Å². The Morgan fingerprint density at radius 2 is 1.79 bits per heavy atom. The molecule has 7 heteroatoms. The van der Waals surface area contributed by atoms with Crippen LogP contribution in [0, 0.1) is 0 Å². The molecule has 28 heavy (non-hydrogen) atoms. The number of nitrogens with one attached hydrogen (secondary N) is 1. The van der Waals surface area contributed by atoms with E-state index < -0.39 is 0 Å². The summed E-state index contributed by atoms with van der Waals surface area (Å²) in [5.74, 6) is 0.860. The van der Waals surface area contributed by atoms with Crippen LogP contribution in [0.1, 0.15) is 45.7 Å². The standard InChI is InChI=1S/C21H25N3O4/c1-27-18-7-6-15(12-19(18)28-2)14-23-20(25)16-8-9-22-17(13-16)21(26)24-10-4-3-5-11-24/h6-9,12-13H,3-5,10-11,14H2,1-2H3,(H,23,25). The summed E-state index contributed by atoms with van der Waals surface area (Å²) in [7, 11) is 3.14. The van der Waals surface area contributed by atoms with Gasteiger partial charge >= 0.3 is 0 Å². The second-order valence-electron chi connectivity index (χ2n) is 6.65. The van der Waals surface area contributed by atoms with Gasteiger partial charge in [-0.1, -0.05) is 6.07 Å². The summed E-state index contributed by atoms with van der Waals surface area (Å²) in [4.78, 5) is 31.1. The molecule has 2 heterocycles. The number of hydrogen-bond acceptors (Lipinski definition) is 5. The summed E-state index contributed by atoms with van der Waals surface area (Å²) in [5, 5.41) is 2.86. The zero-order chi connectivity index (χ0) is 19.9. The van der Waals surface area contributed by atoms with Crippen LogP contribution < -0.4 is 14.8 Å². The third-order valence-corrected chi connectivity index (χ3v) is 4.79. The van der Waals surface area contributed by atoms with Crippen molar-refractivity contribution < 1.29 is 19.1 Å². The largest absolute Gasteiger partial charge is 0.493 e. The highest BCUT2D eigenvalue weighted by molar-refractivity contribution is 5.98. The second kappa shape index (κ2) is 9.21. The first-order valence-corrected chi connectivity index (χ1v) is 9.37. The van der Waals surface area contributed by atoms with Crippen LogP contribution in [0.25, 0.3) is 0 Å². The number of carbonyl (C=O) groups is 2. The molecule has 2 aromatic rings. The Balaban J connectivity index is 1.65. The van der Waals surface area contributed by atoms with Gasteiger partial charge in [0.2, 0.25) is 0 Å². The lowest BCUT2D eigenvalue weighted by Crippen LogP contribution is -2.36. The quantitative estimate of drug-likeness (QED) is 0.829. The van der Waals surface area contributed by atoms with Gasteiger partial charge in [0, 0.05) is 31.4 Å². The fourth-order valence-corrected chi connectivity index (χ4v) is 3.22. The maximum atomic E-state index is 12.6. The maximum absolute atomic E-state index is 12.6. The fraction of sp³-hybridized carbons (Fsp3) is 0.381. The first kappa shape index (κ1) is 19.7. The van der Waals surface area contributed by atoms with Crippen LogP contribution in [-0.4, -0.2) is 49.0 Å². The lowest BCUT2D eigenvalue weighted by Gasteiger charge is -2.26. The molecule has 148 valence electrons. The number of benzene rings is 1. The Morgan fingerprint density at radius 3 is 2.50 bits per heavy atom. The van der Waals surface area contributed by atoms with Gasteiger partial charge in [-0.3, -0.25) is 14.6 Å². The molecule has 0 spiro atoms.